The van der Waals surface area contributed by atoms with Gasteiger partial charge in [0.25, 0.3) is 0 Å². The zero-order chi connectivity index (χ0) is 12.8. The summed E-state index contributed by atoms with van der Waals surface area (Å²) in [5, 5.41) is 0. The van der Waals surface area contributed by atoms with E-state index >= 15 is 0 Å². The molecule has 0 aromatic carbocycles. The third-order valence-corrected chi connectivity index (χ3v) is 3.19. The Morgan fingerprint density at radius 1 is 1.41 bits per heavy atom. The van der Waals surface area contributed by atoms with Crippen molar-refractivity contribution in [2.45, 2.75) is 38.8 Å². The van der Waals surface area contributed by atoms with Gasteiger partial charge in [-0.1, -0.05) is 0 Å². The number of terminal acetylenes is 1. The molecule has 0 N–H and O–H groups in total. The lowest BCUT2D eigenvalue weighted by atomic mass is 10.1. The molecular weight excluding hydrogens is 218 g/mol. The van der Waals surface area contributed by atoms with Crippen LogP contribution in [-0.4, -0.2) is 35.0 Å². The van der Waals surface area contributed by atoms with Crippen LogP contribution in [0.3, 0.4) is 0 Å². The number of amides is 1. The van der Waals surface area contributed by atoms with E-state index in [4.69, 9.17) is 11.2 Å². The first-order chi connectivity index (χ1) is 7.83. The van der Waals surface area contributed by atoms with Gasteiger partial charge < -0.3 is 4.74 Å². The predicted octanol–water partition coefficient (Wildman–Crippen LogP) is 1.44. The molecule has 0 aromatic rings. The fourth-order valence-electron chi connectivity index (χ4n) is 2.39. The third-order valence-electron chi connectivity index (χ3n) is 3.19. The van der Waals surface area contributed by atoms with Crippen LogP contribution < -0.4 is 0 Å². The van der Waals surface area contributed by atoms with Gasteiger partial charge in [-0.05, 0) is 44.9 Å². The molecule has 2 rings (SSSR count). The lowest BCUT2D eigenvalue weighted by molar-refractivity contribution is -0.118. The number of Topliss-reactive ketones (excluding diaryl/α,β-unsaturated/α-hetero) is 1. The maximum atomic E-state index is 11.9. The average molecular weight is 235 g/mol. The first kappa shape index (κ1) is 12.0. The molecule has 1 saturated carbocycles. The number of ketones is 1. The van der Waals surface area contributed by atoms with Gasteiger partial charge in [-0.2, -0.15) is 0 Å². The molecule has 4 nitrogen and oxygen atoms in total. The standard InChI is InChI=1S/C13H17NO3/c1-5-10(15)11-9-6-8(9)7-14(11)12(16)17-13(2,3)4/h1,8-9,11H,6-7H2,2-4H3. The lowest BCUT2D eigenvalue weighted by Gasteiger charge is -2.28. The van der Waals surface area contributed by atoms with Crippen molar-refractivity contribution in [3.63, 3.8) is 0 Å². The molecule has 4 heteroatoms. The van der Waals surface area contributed by atoms with Crippen molar-refractivity contribution >= 4 is 11.9 Å². The van der Waals surface area contributed by atoms with Gasteiger partial charge in [0, 0.05) is 6.54 Å². The van der Waals surface area contributed by atoms with E-state index in [0.717, 1.165) is 6.42 Å². The van der Waals surface area contributed by atoms with Crippen molar-refractivity contribution in [2.24, 2.45) is 11.8 Å². The number of fused-ring (bicyclic) bond motifs is 1. The van der Waals surface area contributed by atoms with E-state index < -0.39 is 17.7 Å². The quantitative estimate of drug-likeness (QED) is 0.510. The normalized spacial score (nSPS) is 30.5. The highest BCUT2D eigenvalue weighted by Gasteiger charge is 2.57. The third kappa shape index (κ3) is 2.28. The summed E-state index contributed by atoms with van der Waals surface area (Å²) < 4.78 is 5.28. The molecule has 1 heterocycles. The first-order valence-electron chi connectivity index (χ1n) is 5.83. The van der Waals surface area contributed by atoms with Crippen LogP contribution in [0.4, 0.5) is 4.79 Å². The molecule has 2 fully saturated rings. The smallest absolute Gasteiger partial charge is 0.410 e. The van der Waals surface area contributed by atoms with E-state index in [2.05, 4.69) is 5.92 Å². The Labute approximate surface area is 101 Å². The van der Waals surface area contributed by atoms with Gasteiger partial charge in [-0.3, -0.25) is 9.69 Å². The van der Waals surface area contributed by atoms with Crippen molar-refractivity contribution in [3.05, 3.63) is 0 Å². The van der Waals surface area contributed by atoms with E-state index in [-0.39, 0.29) is 11.7 Å². The number of hydrogen-bond acceptors (Lipinski definition) is 3. The lowest BCUT2D eigenvalue weighted by Crippen LogP contribution is -2.45. The highest BCUT2D eigenvalue weighted by molar-refractivity contribution is 6.01. The maximum absolute atomic E-state index is 11.9. The fraction of sp³-hybridized carbons (Fsp3) is 0.692. The summed E-state index contributed by atoms with van der Waals surface area (Å²) in [6.45, 7) is 6.01. The monoisotopic (exact) mass is 235 g/mol. The number of carbonyl (C=O) groups excluding carboxylic acids is 2. The number of likely N-dealkylation sites (tertiary alicyclic amines) is 1. The van der Waals surface area contributed by atoms with Crippen molar-refractivity contribution in [1.82, 2.24) is 4.90 Å². The predicted molar refractivity (Wildman–Crippen MR) is 62.2 cm³/mol. The Bertz CT molecular complexity index is 402. The van der Waals surface area contributed by atoms with Crippen LogP contribution in [0.1, 0.15) is 27.2 Å². The molecule has 1 amide bonds. The van der Waals surface area contributed by atoms with Gasteiger partial charge in [-0.15, -0.1) is 6.42 Å². The Kier molecular flexibility index (Phi) is 2.65. The van der Waals surface area contributed by atoms with Crippen LogP contribution in [0.2, 0.25) is 0 Å². The van der Waals surface area contributed by atoms with E-state index in [1.165, 1.54) is 4.90 Å². The second-order valence-corrected chi connectivity index (χ2v) is 5.75. The van der Waals surface area contributed by atoms with Crippen LogP contribution in [0, 0.1) is 24.2 Å². The summed E-state index contributed by atoms with van der Waals surface area (Å²) in [5.74, 6) is 2.51. The fourth-order valence-corrected chi connectivity index (χ4v) is 2.39. The first-order valence-corrected chi connectivity index (χ1v) is 5.83. The number of hydrogen-bond donors (Lipinski definition) is 0. The Morgan fingerprint density at radius 3 is 2.59 bits per heavy atom. The minimum atomic E-state index is -0.548. The maximum Gasteiger partial charge on any atom is 0.410 e. The zero-order valence-corrected chi connectivity index (χ0v) is 10.4. The van der Waals surface area contributed by atoms with Gasteiger partial charge in [0.05, 0.1) is 0 Å². The molecule has 17 heavy (non-hydrogen) atoms. The molecule has 0 aromatic heterocycles. The van der Waals surface area contributed by atoms with Crippen LogP contribution in [-0.2, 0) is 9.53 Å². The van der Waals surface area contributed by atoms with Gasteiger partial charge in [-0.25, -0.2) is 4.79 Å². The van der Waals surface area contributed by atoms with E-state index in [0.29, 0.717) is 12.5 Å². The van der Waals surface area contributed by atoms with Gasteiger partial charge >= 0.3 is 6.09 Å². The Hall–Kier alpha value is -1.50. The van der Waals surface area contributed by atoms with Crippen LogP contribution in [0.5, 0.6) is 0 Å². The molecule has 0 spiro atoms. The van der Waals surface area contributed by atoms with Crippen molar-refractivity contribution in [1.29, 1.82) is 0 Å². The Morgan fingerprint density at radius 2 is 2.06 bits per heavy atom. The minimum absolute atomic E-state index is 0.256. The van der Waals surface area contributed by atoms with Crippen molar-refractivity contribution in [2.75, 3.05) is 6.54 Å². The molecular formula is C13H17NO3. The van der Waals surface area contributed by atoms with Crippen LogP contribution in [0.25, 0.3) is 0 Å². The topological polar surface area (TPSA) is 46.6 Å². The molecule has 0 radical (unpaired) electrons. The summed E-state index contributed by atoms with van der Waals surface area (Å²) in [5.41, 5.74) is -0.548. The molecule has 1 aliphatic heterocycles. The number of ether oxygens (including phenoxy) is 1. The Balaban J connectivity index is 2.08. The van der Waals surface area contributed by atoms with E-state index in [1.54, 1.807) is 20.8 Å². The SMILES string of the molecule is C#CC(=O)C1C2CC2CN1C(=O)OC(C)(C)C. The number of carbonyl (C=O) groups is 2. The average Bonchev–Trinajstić information content (AvgIpc) is 2.86. The molecule has 1 aliphatic carbocycles. The minimum Gasteiger partial charge on any atom is -0.444 e. The van der Waals surface area contributed by atoms with Gasteiger partial charge in [0.1, 0.15) is 11.6 Å². The zero-order valence-electron chi connectivity index (χ0n) is 10.4. The highest BCUT2D eigenvalue weighted by Crippen LogP contribution is 2.50. The molecule has 92 valence electrons. The van der Waals surface area contributed by atoms with Crippen molar-refractivity contribution in [3.8, 4) is 12.3 Å². The van der Waals surface area contributed by atoms with E-state index in [1.807, 2.05) is 0 Å². The second kappa shape index (κ2) is 3.76. The molecule has 2 aliphatic rings. The van der Waals surface area contributed by atoms with E-state index in [9.17, 15) is 9.59 Å². The van der Waals surface area contributed by atoms with Crippen LogP contribution in [0.15, 0.2) is 0 Å². The summed E-state index contributed by atoms with van der Waals surface area (Å²) in [4.78, 5) is 25.1. The molecule has 1 saturated heterocycles. The largest absolute Gasteiger partial charge is 0.444 e. The summed E-state index contributed by atoms with van der Waals surface area (Å²) in [6.07, 6.45) is 5.71. The second-order valence-electron chi connectivity index (χ2n) is 5.75. The van der Waals surface area contributed by atoms with Gasteiger partial charge in [0.15, 0.2) is 0 Å². The molecule has 3 unspecified atom stereocenters. The highest BCUT2D eigenvalue weighted by atomic mass is 16.6. The van der Waals surface area contributed by atoms with Gasteiger partial charge in [0.2, 0.25) is 5.78 Å². The number of nitrogens with zero attached hydrogens (tertiary/aromatic N) is 1. The summed E-state index contributed by atoms with van der Waals surface area (Å²) >= 11 is 0. The van der Waals surface area contributed by atoms with Crippen molar-refractivity contribution < 1.29 is 14.3 Å². The van der Waals surface area contributed by atoms with Crippen LogP contribution >= 0.6 is 0 Å². The molecule has 0 bridgehead atoms. The summed E-state index contributed by atoms with van der Waals surface area (Å²) in [6, 6.07) is -0.458. The number of piperidine rings is 1. The summed E-state index contributed by atoms with van der Waals surface area (Å²) in [7, 11) is 0. The number of rotatable bonds is 1. The molecule has 3 atom stereocenters.